The molecular formula is C16H25ClN2. The van der Waals surface area contributed by atoms with Crippen molar-refractivity contribution < 1.29 is 0 Å². The second kappa shape index (κ2) is 5.82. The zero-order valence-electron chi connectivity index (χ0n) is 11.8. The summed E-state index contributed by atoms with van der Waals surface area (Å²) in [7, 11) is 0. The molecule has 0 radical (unpaired) electrons. The number of fused-ring (bicyclic) bond motifs is 1. The van der Waals surface area contributed by atoms with Crippen LogP contribution in [0.15, 0.2) is 18.2 Å². The van der Waals surface area contributed by atoms with Crippen LogP contribution in [0.2, 0.25) is 0 Å². The van der Waals surface area contributed by atoms with Crippen molar-refractivity contribution in [1.29, 1.82) is 0 Å². The number of nitrogens with two attached hydrogens (primary N) is 1. The van der Waals surface area contributed by atoms with Gasteiger partial charge in [0.05, 0.1) is 0 Å². The Morgan fingerprint density at radius 3 is 2.79 bits per heavy atom. The van der Waals surface area contributed by atoms with E-state index in [9.17, 15) is 0 Å². The Morgan fingerprint density at radius 1 is 1.26 bits per heavy atom. The largest absolute Gasteiger partial charge is 0.330 e. The molecule has 1 fully saturated rings. The first-order valence-corrected chi connectivity index (χ1v) is 7.22. The Kier molecular flexibility index (Phi) is 4.54. The highest BCUT2D eigenvalue weighted by Gasteiger charge is 2.32. The van der Waals surface area contributed by atoms with Crippen molar-refractivity contribution in [3.63, 3.8) is 0 Å². The molecule has 1 saturated heterocycles. The number of rotatable bonds is 3. The Hall–Kier alpha value is -0.570. The molecule has 0 spiro atoms. The first kappa shape index (κ1) is 14.8. The van der Waals surface area contributed by atoms with Crippen molar-refractivity contribution >= 4 is 12.4 Å². The lowest BCUT2D eigenvalue weighted by Crippen LogP contribution is -2.31. The van der Waals surface area contributed by atoms with Crippen molar-refractivity contribution in [1.82, 2.24) is 4.90 Å². The van der Waals surface area contributed by atoms with Gasteiger partial charge in [0.25, 0.3) is 0 Å². The van der Waals surface area contributed by atoms with Gasteiger partial charge in [-0.25, -0.2) is 0 Å². The molecular weight excluding hydrogens is 256 g/mol. The van der Waals surface area contributed by atoms with Gasteiger partial charge >= 0.3 is 0 Å². The number of likely N-dealkylation sites (tertiary alicyclic amines) is 1. The third-order valence-electron chi connectivity index (χ3n) is 4.70. The fourth-order valence-corrected chi connectivity index (χ4v) is 3.41. The van der Waals surface area contributed by atoms with Crippen LogP contribution in [0.1, 0.15) is 36.5 Å². The second-order valence-electron chi connectivity index (χ2n) is 6.43. The molecule has 0 saturated carbocycles. The van der Waals surface area contributed by atoms with Crippen LogP contribution in [0.3, 0.4) is 0 Å². The molecule has 0 aromatic heterocycles. The first-order chi connectivity index (χ1) is 8.68. The van der Waals surface area contributed by atoms with Crippen LogP contribution in [-0.4, -0.2) is 24.5 Å². The third kappa shape index (κ3) is 3.13. The second-order valence-corrected chi connectivity index (χ2v) is 6.43. The van der Waals surface area contributed by atoms with E-state index in [-0.39, 0.29) is 12.4 Å². The van der Waals surface area contributed by atoms with Gasteiger partial charge in [-0.1, -0.05) is 25.1 Å². The minimum atomic E-state index is 0. The maximum absolute atomic E-state index is 5.87. The normalized spacial score (nSPS) is 26.2. The van der Waals surface area contributed by atoms with E-state index in [2.05, 4.69) is 30.0 Å². The van der Waals surface area contributed by atoms with Crippen LogP contribution < -0.4 is 5.73 Å². The van der Waals surface area contributed by atoms with Gasteiger partial charge in [-0.05, 0) is 60.9 Å². The summed E-state index contributed by atoms with van der Waals surface area (Å²) in [4.78, 5) is 2.56. The summed E-state index contributed by atoms with van der Waals surface area (Å²) in [6, 6.07) is 7.10. The smallest absolute Gasteiger partial charge is 0.0234 e. The Morgan fingerprint density at radius 2 is 2.05 bits per heavy atom. The molecule has 1 aliphatic heterocycles. The number of nitrogens with zero attached hydrogens (tertiary/aromatic N) is 1. The molecule has 1 unspecified atom stereocenters. The summed E-state index contributed by atoms with van der Waals surface area (Å²) in [6.07, 6.45) is 5.15. The highest BCUT2D eigenvalue weighted by molar-refractivity contribution is 5.85. The van der Waals surface area contributed by atoms with E-state index in [0.717, 1.165) is 19.6 Å². The predicted molar refractivity (Wildman–Crippen MR) is 82.8 cm³/mol. The van der Waals surface area contributed by atoms with Crippen molar-refractivity contribution in [3.8, 4) is 0 Å². The average Bonchev–Trinajstić information content (AvgIpc) is 2.96. The summed E-state index contributed by atoms with van der Waals surface area (Å²) in [5, 5.41) is 0. The molecule has 19 heavy (non-hydrogen) atoms. The Bertz CT molecular complexity index is 446. The number of hydrogen-bond acceptors (Lipinski definition) is 2. The SMILES string of the molecule is CC1(CN)CCN(Cc2ccc3c(c2)CCC3)C1.Cl. The molecule has 1 aromatic rings. The third-order valence-corrected chi connectivity index (χ3v) is 4.70. The van der Waals surface area contributed by atoms with Crippen molar-refractivity contribution in [2.24, 2.45) is 11.1 Å². The van der Waals surface area contributed by atoms with Crippen LogP contribution in [0.4, 0.5) is 0 Å². The quantitative estimate of drug-likeness (QED) is 0.923. The lowest BCUT2D eigenvalue weighted by Gasteiger charge is -2.22. The van der Waals surface area contributed by atoms with Crippen molar-refractivity contribution in [2.45, 2.75) is 39.2 Å². The lowest BCUT2D eigenvalue weighted by molar-refractivity contribution is 0.274. The van der Waals surface area contributed by atoms with E-state index < -0.39 is 0 Å². The minimum Gasteiger partial charge on any atom is -0.330 e. The molecule has 2 N–H and O–H groups in total. The van der Waals surface area contributed by atoms with Gasteiger partial charge in [-0.3, -0.25) is 4.90 Å². The van der Waals surface area contributed by atoms with Gasteiger partial charge in [0.15, 0.2) is 0 Å². The number of hydrogen-bond donors (Lipinski definition) is 1. The maximum atomic E-state index is 5.87. The standard InChI is InChI=1S/C16H24N2.ClH/c1-16(11-17)7-8-18(12-16)10-13-5-6-14-3-2-4-15(14)9-13;/h5-6,9H,2-4,7-8,10-12,17H2,1H3;1H. The molecule has 0 amide bonds. The van der Waals surface area contributed by atoms with Gasteiger partial charge in [-0.15, -0.1) is 12.4 Å². The molecule has 1 atom stereocenters. The molecule has 1 aliphatic carbocycles. The van der Waals surface area contributed by atoms with Crippen molar-refractivity contribution in [3.05, 3.63) is 34.9 Å². The average molecular weight is 281 g/mol. The highest BCUT2D eigenvalue weighted by Crippen LogP contribution is 2.30. The summed E-state index contributed by atoms with van der Waals surface area (Å²) < 4.78 is 0. The monoisotopic (exact) mass is 280 g/mol. The van der Waals surface area contributed by atoms with Crippen LogP contribution in [-0.2, 0) is 19.4 Å². The van der Waals surface area contributed by atoms with E-state index in [1.165, 1.54) is 37.8 Å². The highest BCUT2D eigenvalue weighted by atomic mass is 35.5. The van der Waals surface area contributed by atoms with E-state index in [4.69, 9.17) is 5.73 Å². The fraction of sp³-hybridized carbons (Fsp3) is 0.625. The molecule has 1 aromatic carbocycles. The van der Waals surface area contributed by atoms with Gasteiger partial charge in [-0.2, -0.15) is 0 Å². The summed E-state index contributed by atoms with van der Waals surface area (Å²) in [5.74, 6) is 0. The molecule has 1 heterocycles. The zero-order valence-corrected chi connectivity index (χ0v) is 12.6. The van der Waals surface area contributed by atoms with E-state index in [0.29, 0.717) is 5.41 Å². The van der Waals surface area contributed by atoms with Gasteiger partial charge in [0, 0.05) is 13.1 Å². The first-order valence-electron chi connectivity index (χ1n) is 7.22. The van der Waals surface area contributed by atoms with Gasteiger partial charge in [0.2, 0.25) is 0 Å². The lowest BCUT2D eigenvalue weighted by atomic mass is 9.90. The zero-order chi connectivity index (χ0) is 12.6. The Labute approximate surface area is 122 Å². The summed E-state index contributed by atoms with van der Waals surface area (Å²) in [5.41, 5.74) is 10.9. The van der Waals surface area contributed by atoms with E-state index in [1.54, 1.807) is 11.1 Å². The molecule has 3 rings (SSSR count). The van der Waals surface area contributed by atoms with Crippen LogP contribution in [0, 0.1) is 5.41 Å². The fourth-order valence-electron chi connectivity index (χ4n) is 3.41. The van der Waals surface area contributed by atoms with Gasteiger partial charge in [0.1, 0.15) is 0 Å². The maximum Gasteiger partial charge on any atom is 0.0234 e. The number of aryl methyl sites for hydroxylation is 2. The van der Waals surface area contributed by atoms with E-state index >= 15 is 0 Å². The summed E-state index contributed by atoms with van der Waals surface area (Å²) >= 11 is 0. The van der Waals surface area contributed by atoms with E-state index in [1.807, 2.05) is 0 Å². The van der Waals surface area contributed by atoms with Crippen molar-refractivity contribution in [2.75, 3.05) is 19.6 Å². The van der Waals surface area contributed by atoms with Crippen LogP contribution in [0.5, 0.6) is 0 Å². The molecule has 3 heteroatoms. The molecule has 106 valence electrons. The van der Waals surface area contributed by atoms with Gasteiger partial charge < -0.3 is 5.73 Å². The van der Waals surface area contributed by atoms with Crippen LogP contribution in [0.25, 0.3) is 0 Å². The predicted octanol–water partition coefficient (Wildman–Crippen LogP) is 2.77. The molecule has 2 aliphatic rings. The topological polar surface area (TPSA) is 29.3 Å². The molecule has 2 nitrogen and oxygen atoms in total. The summed E-state index contributed by atoms with van der Waals surface area (Å²) in [6.45, 7) is 6.58. The number of benzene rings is 1. The minimum absolute atomic E-state index is 0. The Balaban J connectivity index is 0.00000133. The molecule has 0 bridgehead atoms. The van der Waals surface area contributed by atoms with Crippen LogP contribution >= 0.6 is 12.4 Å². The number of halogens is 1.